The Kier molecular flexibility index (Phi) is 6.36. The van der Waals surface area contributed by atoms with Crippen LogP contribution in [0.4, 0.5) is 0 Å². The summed E-state index contributed by atoms with van der Waals surface area (Å²) in [5.41, 5.74) is 6.26. The molecule has 0 aliphatic heterocycles. The molecular formula is C38H62. The lowest BCUT2D eigenvalue weighted by molar-refractivity contribution is -0.236. The van der Waals surface area contributed by atoms with Crippen LogP contribution in [-0.2, 0) is 0 Å². The summed E-state index contributed by atoms with van der Waals surface area (Å²) < 4.78 is 0. The first-order valence-electron chi connectivity index (χ1n) is 17.1. The molecule has 0 saturated heterocycles. The molecule has 0 nitrogen and oxygen atoms in total. The van der Waals surface area contributed by atoms with E-state index in [0.29, 0.717) is 32.5 Å². The van der Waals surface area contributed by atoms with Gasteiger partial charge in [0.15, 0.2) is 0 Å². The molecule has 0 heteroatoms. The minimum atomic E-state index is 0.345. The fourth-order valence-electron chi connectivity index (χ4n) is 14.1. The van der Waals surface area contributed by atoms with E-state index < -0.39 is 0 Å². The summed E-state index contributed by atoms with van der Waals surface area (Å²) in [5, 5.41) is 0. The first-order chi connectivity index (χ1) is 17.7. The van der Waals surface area contributed by atoms with Crippen molar-refractivity contribution in [1.82, 2.24) is 0 Å². The zero-order valence-corrected chi connectivity index (χ0v) is 26.8. The van der Waals surface area contributed by atoms with Gasteiger partial charge in [-0.05, 0) is 152 Å². The smallest absolute Gasteiger partial charge is 0.00790 e. The predicted molar refractivity (Wildman–Crippen MR) is 164 cm³/mol. The highest BCUT2D eigenvalue weighted by molar-refractivity contribution is 5.27. The maximum absolute atomic E-state index is 4.25. The molecule has 0 aromatic heterocycles. The van der Waals surface area contributed by atoms with Gasteiger partial charge in [-0.25, -0.2) is 0 Å². The van der Waals surface area contributed by atoms with Crippen LogP contribution < -0.4 is 0 Å². The molecule has 0 heterocycles. The first-order valence-corrected chi connectivity index (χ1v) is 17.1. The summed E-state index contributed by atoms with van der Waals surface area (Å²) >= 11 is 0. The topological polar surface area (TPSA) is 0 Å². The maximum Gasteiger partial charge on any atom is -0.00790 e. The Morgan fingerprint density at radius 3 is 2.34 bits per heavy atom. The molecular weight excluding hydrogens is 456 g/mol. The molecule has 6 aliphatic rings. The number of fused-ring (bicyclic) bond motifs is 9. The summed E-state index contributed by atoms with van der Waals surface area (Å²) in [6, 6.07) is 0. The highest BCUT2D eigenvalue weighted by Gasteiger charge is 2.70. The van der Waals surface area contributed by atoms with E-state index >= 15 is 0 Å². The van der Waals surface area contributed by atoms with Crippen LogP contribution in [-0.4, -0.2) is 0 Å². The normalized spacial score (nSPS) is 51.8. The van der Waals surface area contributed by atoms with Crippen molar-refractivity contribution in [2.75, 3.05) is 0 Å². The first kappa shape index (κ1) is 27.6. The van der Waals surface area contributed by atoms with Crippen molar-refractivity contribution in [3.63, 3.8) is 0 Å². The predicted octanol–water partition coefficient (Wildman–Crippen LogP) is 11.6. The molecule has 0 aromatic carbocycles. The van der Waals surface area contributed by atoms with Gasteiger partial charge in [0.2, 0.25) is 0 Å². The molecule has 0 aromatic rings. The minimum absolute atomic E-state index is 0.345. The number of allylic oxidation sites excluding steroid dienone is 3. The lowest BCUT2D eigenvalue weighted by atomic mass is 9.32. The van der Waals surface area contributed by atoms with E-state index in [1.54, 1.807) is 18.4 Å². The van der Waals surface area contributed by atoms with E-state index in [1.807, 2.05) is 0 Å². The second kappa shape index (κ2) is 8.74. The largest absolute Gasteiger partial charge is 0.100 e. The molecule has 5 fully saturated rings. The molecule has 5 saturated carbocycles. The van der Waals surface area contributed by atoms with Gasteiger partial charge in [0.1, 0.15) is 0 Å². The third-order valence-electron chi connectivity index (χ3n) is 15.7. The van der Waals surface area contributed by atoms with Gasteiger partial charge in [-0.15, -0.1) is 6.58 Å². The van der Waals surface area contributed by atoms with Crippen LogP contribution in [0, 0.1) is 62.1 Å². The molecule has 0 amide bonds. The van der Waals surface area contributed by atoms with Crippen LogP contribution in [0.25, 0.3) is 0 Å². The monoisotopic (exact) mass is 518 g/mol. The molecule has 214 valence electrons. The number of hydrogen-bond donors (Lipinski definition) is 0. The molecule has 0 bridgehead atoms. The Balaban J connectivity index is 1.29. The van der Waals surface area contributed by atoms with Crippen LogP contribution in [0.2, 0.25) is 0 Å². The molecule has 10 atom stereocenters. The van der Waals surface area contributed by atoms with Crippen LogP contribution in [0.3, 0.4) is 0 Å². The maximum atomic E-state index is 4.25. The van der Waals surface area contributed by atoms with Gasteiger partial charge < -0.3 is 0 Å². The lowest BCUT2D eigenvalue weighted by Gasteiger charge is -2.72. The van der Waals surface area contributed by atoms with Crippen molar-refractivity contribution in [1.29, 1.82) is 0 Å². The van der Waals surface area contributed by atoms with Gasteiger partial charge in [-0.1, -0.05) is 78.5 Å². The Hall–Kier alpha value is -0.520. The SMILES string of the molecule is C=C(C)CC(C)(C)CC1=CC2(C)C3CC[C@]4(C)C(CCC5C6CCC[C@]6(CC)CC[C@]54C)[C@@]3(C)CC[C@@H]2C1. The van der Waals surface area contributed by atoms with Crippen molar-refractivity contribution in [2.45, 2.75) is 152 Å². The second-order valence-corrected chi connectivity index (χ2v) is 18.0. The third-order valence-corrected chi connectivity index (χ3v) is 15.7. The summed E-state index contributed by atoms with van der Waals surface area (Å²) in [6.45, 7) is 25.2. The quantitative estimate of drug-likeness (QED) is 0.317. The van der Waals surface area contributed by atoms with E-state index in [2.05, 4.69) is 68.0 Å². The summed E-state index contributed by atoms with van der Waals surface area (Å²) in [4.78, 5) is 0. The van der Waals surface area contributed by atoms with E-state index in [1.165, 1.54) is 82.6 Å². The molecule has 5 unspecified atom stereocenters. The van der Waals surface area contributed by atoms with E-state index in [0.717, 1.165) is 36.0 Å². The van der Waals surface area contributed by atoms with E-state index in [4.69, 9.17) is 0 Å². The molecule has 6 rings (SSSR count). The Bertz CT molecular complexity index is 998. The molecule has 0 spiro atoms. The standard InChI is InChI=1S/C38H62/c1-10-38-17-11-12-30(38)29-13-14-32-34(6)18-15-28-22-27(24-33(4,5)23-26(2)3)25-35(28,7)31(34)16-19-37(32,9)36(29,8)20-21-38/h25,28-32H,2,10-24H2,1,3-9H3/t28-,29?,30?,31?,32?,34+,35?,36-,37-,38-/m1/s1. The van der Waals surface area contributed by atoms with Gasteiger partial charge >= 0.3 is 0 Å². The minimum Gasteiger partial charge on any atom is -0.100 e. The third kappa shape index (κ3) is 3.65. The summed E-state index contributed by atoms with van der Waals surface area (Å²) in [5.74, 6) is 4.75. The van der Waals surface area contributed by atoms with Crippen LogP contribution >= 0.6 is 0 Å². The Labute approximate surface area is 237 Å². The van der Waals surface area contributed by atoms with Crippen molar-refractivity contribution in [2.24, 2.45) is 62.1 Å². The van der Waals surface area contributed by atoms with Crippen molar-refractivity contribution in [3.05, 3.63) is 23.8 Å². The Morgan fingerprint density at radius 1 is 0.868 bits per heavy atom. The molecule has 0 N–H and O–H groups in total. The molecule has 0 radical (unpaired) electrons. The average Bonchev–Trinajstić information content (AvgIpc) is 3.38. The molecule has 38 heavy (non-hydrogen) atoms. The van der Waals surface area contributed by atoms with Crippen LogP contribution in [0.5, 0.6) is 0 Å². The van der Waals surface area contributed by atoms with Gasteiger partial charge in [0.05, 0.1) is 0 Å². The van der Waals surface area contributed by atoms with Gasteiger partial charge in [0.25, 0.3) is 0 Å². The number of rotatable bonds is 5. The van der Waals surface area contributed by atoms with Crippen LogP contribution in [0.1, 0.15) is 152 Å². The van der Waals surface area contributed by atoms with Crippen LogP contribution in [0.15, 0.2) is 23.8 Å². The zero-order valence-electron chi connectivity index (χ0n) is 26.8. The average molecular weight is 519 g/mol. The highest BCUT2D eigenvalue weighted by atomic mass is 14.7. The summed E-state index contributed by atoms with van der Waals surface area (Å²) in [6.07, 6.45) is 24.8. The Morgan fingerprint density at radius 2 is 1.63 bits per heavy atom. The van der Waals surface area contributed by atoms with Gasteiger partial charge in [-0.2, -0.15) is 0 Å². The van der Waals surface area contributed by atoms with Gasteiger partial charge in [-0.3, -0.25) is 0 Å². The summed E-state index contributed by atoms with van der Waals surface area (Å²) in [7, 11) is 0. The second-order valence-electron chi connectivity index (χ2n) is 18.0. The van der Waals surface area contributed by atoms with E-state index in [-0.39, 0.29) is 0 Å². The van der Waals surface area contributed by atoms with Crippen molar-refractivity contribution in [3.8, 4) is 0 Å². The highest BCUT2D eigenvalue weighted by Crippen LogP contribution is 2.78. The van der Waals surface area contributed by atoms with Gasteiger partial charge in [0, 0.05) is 0 Å². The fourth-order valence-corrected chi connectivity index (χ4v) is 14.1. The van der Waals surface area contributed by atoms with Crippen molar-refractivity contribution < 1.29 is 0 Å². The molecule has 6 aliphatic carbocycles. The number of hydrogen-bond acceptors (Lipinski definition) is 0. The van der Waals surface area contributed by atoms with Crippen molar-refractivity contribution >= 4 is 0 Å². The fraction of sp³-hybridized carbons (Fsp3) is 0.895. The zero-order chi connectivity index (χ0) is 27.4. The van der Waals surface area contributed by atoms with E-state index in [9.17, 15) is 0 Å². The lowest BCUT2D eigenvalue weighted by Crippen LogP contribution is -2.65.